The molecule has 2 nitrogen and oxygen atoms in total. The van der Waals surface area contributed by atoms with Crippen LogP contribution in [-0.2, 0) is 10.8 Å². The lowest BCUT2D eigenvalue weighted by molar-refractivity contribution is 0.301. The lowest BCUT2D eigenvalue weighted by Crippen LogP contribution is -2.41. The molecule has 0 saturated heterocycles. The van der Waals surface area contributed by atoms with E-state index in [1.165, 1.54) is 11.3 Å². The SMILES string of the molecule is CCc1cccc(NCCO[Si](C)(C)C(C)(C)C)c1. The number of anilines is 1. The largest absolute Gasteiger partial charge is 0.415 e. The van der Waals surface area contributed by atoms with E-state index in [2.05, 4.69) is 70.4 Å². The normalized spacial score (nSPS) is 12.5. The third-order valence-electron chi connectivity index (χ3n) is 4.04. The molecule has 0 bridgehead atoms. The zero-order valence-corrected chi connectivity index (χ0v) is 14.3. The highest BCUT2D eigenvalue weighted by Crippen LogP contribution is 2.36. The molecule has 0 aromatic heterocycles. The van der Waals surface area contributed by atoms with E-state index in [4.69, 9.17) is 4.43 Å². The molecule has 0 aliphatic carbocycles. The van der Waals surface area contributed by atoms with Gasteiger partial charge in [-0.2, -0.15) is 0 Å². The molecule has 0 spiro atoms. The second kappa shape index (κ2) is 6.57. The molecule has 108 valence electrons. The van der Waals surface area contributed by atoms with E-state index in [-0.39, 0.29) is 5.04 Å². The van der Waals surface area contributed by atoms with Gasteiger partial charge in [0.25, 0.3) is 0 Å². The highest BCUT2D eigenvalue weighted by Gasteiger charge is 2.36. The number of rotatable bonds is 6. The molecule has 19 heavy (non-hydrogen) atoms. The predicted octanol–water partition coefficient (Wildman–Crippen LogP) is 4.68. The van der Waals surface area contributed by atoms with Gasteiger partial charge in [-0.25, -0.2) is 0 Å². The summed E-state index contributed by atoms with van der Waals surface area (Å²) in [5.41, 5.74) is 2.56. The lowest BCUT2D eigenvalue weighted by Gasteiger charge is -2.36. The van der Waals surface area contributed by atoms with Crippen molar-refractivity contribution in [2.45, 2.75) is 52.2 Å². The molecule has 0 heterocycles. The maximum Gasteiger partial charge on any atom is 0.192 e. The van der Waals surface area contributed by atoms with Crippen molar-refractivity contribution in [1.82, 2.24) is 0 Å². The zero-order chi connectivity index (χ0) is 14.5. The second-order valence-corrected chi connectivity index (χ2v) is 11.4. The Bertz CT molecular complexity index is 396. The first kappa shape index (κ1) is 16.3. The van der Waals surface area contributed by atoms with Crippen molar-refractivity contribution in [1.29, 1.82) is 0 Å². The first-order chi connectivity index (χ1) is 8.76. The highest BCUT2D eigenvalue weighted by molar-refractivity contribution is 6.74. The summed E-state index contributed by atoms with van der Waals surface area (Å²) in [6, 6.07) is 8.60. The van der Waals surface area contributed by atoms with Gasteiger partial charge in [-0.3, -0.25) is 0 Å². The van der Waals surface area contributed by atoms with Crippen LogP contribution >= 0.6 is 0 Å². The van der Waals surface area contributed by atoms with Crippen molar-refractivity contribution in [3.8, 4) is 0 Å². The van der Waals surface area contributed by atoms with E-state index in [1.54, 1.807) is 0 Å². The fraction of sp³-hybridized carbons (Fsp3) is 0.625. The van der Waals surface area contributed by atoms with Gasteiger partial charge in [0, 0.05) is 12.2 Å². The van der Waals surface area contributed by atoms with E-state index in [9.17, 15) is 0 Å². The number of hydrogen-bond acceptors (Lipinski definition) is 2. The minimum Gasteiger partial charge on any atom is -0.415 e. The third-order valence-corrected chi connectivity index (χ3v) is 8.57. The van der Waals surface area contributed by atoms with Crippen molar-refractivity contribution in [2.75, 3.05) is 18.5 Å². The van der Waals surface area contributed by atoms with Gasteiger partial charge < -0.3 is 9.74 Å². The molecule has 0 amide bonds. The minimum absolute atomic E-state index is 0.287. The first-order valence-corrected chi connectivity index (χ1v) is 10.1. The summed E-state index contributed by atoms with van der Waals surface area (Å²) < 4.78 is 6.15. The van der Waals surface area contributed by atoms with Crippen LogP contribution in [0.2, 0.25) is 18.1 Å². The molecule has 0 aliphatic rings. The van der Waals surface area contributed by atoms with Crippen LogP contribution in [0.3, 0.4) is 0 Å². The summed E-state index contributed by atoms with van der Waals surface area (Å²) in [7, 11) is -1.60. The Hall–Kier alpha value is -0.803. The Kier molecular flexibility index (Phi) is 5.62. The lowest BCUT2D eigenvalue weighted by atomic mass is 10.1. The number of benzene rings is 1. The smallest absolute Gasteiger partial charge is 0.192 e. The molecule has 0 fully saturated rings. The van der Waals surface area contributed by atoms with E-state index >= 15 is 0 Å². The average Bonchev–Trinajstić information content (AvgIpc) is 2.33. The number of nitrogens with one attached hydrogen (secondary N) is 1. The predicted molar refractivity (Wildman–Crippen MR) is 87.5 cm³/mol. The van der Waals surface area contributed by atoms with Gasteiger partial charge in [0.1, 0.15) is 0 Å². The fourth-order valence-electron chi connectivity index (χ4n) is 1.62. The Morgan fingerprint density at radius 2 is 1.89 bits per heavy atom. The molecular weight excluding hydrogens is 250 g/mol. The van der Waals surface area contributed by atoms with Crippen LogP contribution < -0.4 is 5.32 Å². The van der Waals surface area contributed by atoms with Crippen molar-refractivity contribution in [2.24, 2.45) is 0 Å². The zero-order valence-electron chi connectivity index (χ0n) is 13.3. The van der Waals surface area contributed by atoms with Gasteiger partial charge >= 0.3 is 0 Å². The Balaban J connectivity index is 2.39. The maximum absolute atomic E-state index is 6.15. The summed E-state index contributed by atoms with van der Waals surface area (Å²) in [4.78, 5) is 0. The summed E-state index contributed by atoms with van der Waals surface area (Å²) in [5.74, 6) is 0. The molecular formula is C16H29NOSi. The molecule has 1 N–H and O–H groups in total. The highest BCUT2D eigenvalue weighted by atomic mass is 28.4. The molecule has 1 aromatic carbocycles. The second-order valence-electron chi connectivity index (χ2n) is 6.59. The van der Waals surface area contributed by atoms with Crippen LogP contribution in [0, 0.1) is 0 Å². The van der Waals surface area contributed by atoms with Gasteiger partial charge in [0.05, 0.1) is 6.61 Å². The standard InChI is InChI=1S/C16H29NOSi/c1-7-14-9-8-10-15(13-14)17-11-12-18-19(5,6)16(2,3)4/h8-10,13,17H,7,11-12H2,1-6H3. The van der Waals surface area contributed by atoms with E-state index in [0.29, 0.717) is 0 Å². The monoisotopic (exact) mass is 279 g/mol. The molecule has 3 heteroatoms. The minimum atomic E-state index is -1.60. The summed E-state index contributed by atoms with van der Waals surface area (Å²) in [5, 5.41) is 3.73. The summed E-state index contributed by atoms with van der Waals surface area (Å²) >= 11 is 0. The van der Waals surface area contributed by atoms with Crippen molar-refractivity contribution in [3.05, 3.63) is 29.8 Å². The number of hydrogen-bond donors (Lipinski definition) is 1. The third kappa shape index (κ3) is 5.00. The van der Waals surface area contributed by atoms with E-state index in [1.807, 2.05) is 0 Å². The van der Waals surface area contributed by atoms with Gasteiger partial charge in [0.2, 0.25) is 0 Å². The molecule has 1 rings (SSSR count). The molecule has 1 aromatic rings. The van der Waals surface area contributed by atoms with Crippen LogP contribution in [0.15, 0.2) is 24.3 Å². The van der Waals surface area contributed by atoms with Gasteiger partial charge in [-0.05, 0) is 42.2 Å². The van der Waals surface area contributed by atoms with Crippen molar-refractivity contribution >= 4 is 14.0 Å². The van der Waals surface area contributed by atoms with E-state index in [0.717, 1.165) is 19.6 Å². The van der Waals surface area contributed by atoms with Gasteiger partial charge in [-0.15, -0.1) is 0 Å². The van der Waals surface area contributed by atoms with E-state index < -0.39 is 8.32 Å². The van der Waals surface area contributed by atoms with Crippen LogP contribution in [0.25, 0.3) is 0 Å². The summed E-state index contributed by atoms with van der Waals surface area (Å²) in [6.07, 6.45) is 1.08. The van der Waals surface area contributed by atoms with Crippen LogP contribution in [-0.4, -0.2) is 21.5 Å². The van der Waals surface area contributed by atoms with Crippen LogP contribution in [0.4, 0.5) is 5.69 Å². The van der Waals surface area contributed by atoms with Crippen molar-refractivity contribution in [3.63, 3.8) is 0 Å². The Labute approximate surface area is 119 Å². The van der Waals surface area contributed by atoms with Gasteiger partial charge in [-0.1, -0.05) is 39.8 Å². The molecule has 0 saturated carbocycles. The Morgan fingerprint density at radius 3 is 2.47 bits per heavy atom. The van der Waals surface area contributed by atoms with Crippen LogP contribution in [0.5, 0.6) is 0 Å². The fourth-order valence-corrected chi connectivity index (χ4v) is 2.66. The van der Waals surface area contributed by atoms with Gasteiger partial charge in [0.15, 0.2) is 8.32 Å². The maximum atomic E-state index is 6.15. The van der Waals surface area contributed by atoms with Crippen molar-refractivity contribution < 1.29 is 4.43 Å². The molecule has 0 atom stereocenters. The molecule has 0 radical (unpaired) electrons. The Morgan fingerprint density at radius 1 is 1.21 bits per heavy atom. The first-order valence-electron chi connectivity index (χ1n) is 7.23. The van der Waals surface area contributed by atoms with Crippen LogP contribution in [0.1, 0.15) is 33.3 Å². The number of aryl methyl sites for hydroxylation is 1. The topological polar surface area (TPSA) is 21.3 Å². The molecule has 0 unspecified atom stereocenters. The average molecular weight is 279 g/mol. The molecule has 0 aliphatic heterocycles. The quantitative estimate of drug-likeness (QED) is 0.603. The summed E-state index contributed by atoms with van der Waals surface area (Å²) in [6.45, 7) is 15.3.